The maximum absolute atomic E-state index is 5.93. The van der Waals surface area contributed by atoms with E-state index in [2.05, 4.69) is 33.9 Å². The van der Waals surface area contributed by atoms with Gasteiger partial charge in [0, 0.05) is 24.9 Å². The molecule has 0 saturated carbocycles. The van der Waals surface area contributed by atoms with E-state index >= 15 is 0 Å². The zero-order chi connectivity index (χ0) is 18.0. The van der Waals surface area contributed by atoms with Crippen molar-refractivity contribution in [2.24, 2.45) is 10.2 Å². The molecule has 0 radical (unpaired) electrons. The molecule has 0 aromatic heterocycles. The average molecular weight is 345 g/mol. The summed E-state index contributed by atoms with van der Waals surface area (Å²) in [6.45, 7) is 2.59. The summed E-state index contributed by atoms with van der Waals surface area (Å²) >= 11 is 0. The molecule has 1 N–H and O–H groups in total. The standard InChI is InChI=1S/C21H21N4O/c1-3-26-19-13-7-6-12-18(19)25-15-9-8-14-20(25)23-24-21(25)16-10-4-5-11-17(16)22-2/h4-15,22H,3H2,1-2H3/q+1. The van der Waals surface area contributed by atoms with Gasteiger partial charge in [-0.25, -0.2) is 0 Å². The molecule has 2 aliphatic heterocycles. The van der Waals surface area contributed by atoms with E-state index in [1.807, 2.05) is 68.6 Å². The largest absolute Gasteiger partial charge is 0.488 e. The molecule has 130 valence electrons. The highest BCUT2D eigenvalue weighted by molar-refractivity contribution is 6.28. The number of fused-ring (bicyclic) bond motifs is 1. The van der Waals surface area contributed by atoms with Gasteiger partial charge in [0.15, 0.2) is 11.4 Å². The second-order valence-electron chi connectivity index (χ2n) is 6.00. The third-order valence-electron chi connectivity index (χ3n) is 4.59. The van der Waals surface area contributed by atoms with Crippen molar-refractivity contribution >= 4 is 23.0 Å². The number of ether oxygens (including phenoxy) is 1. The van der Waals surface area contributed by atoms with Crippen LogP contribution in [0.2, 0.25) is 0 Å². The summed E-state index contributed by atoms with van der Waals surface area (Å²) in [5.74, 6) is 2.53. The smallest absolute Gasteiger partial charge is 0.272 e. The summed E-state index contributed by atoms with van der Waals surface area (Å²) in [7, 11) is 1.92. The minimum atomic E-state index is 0.311. The number of rotatable bonds is 5. The van der Waals surface area contributed by atoms with E-state index in [0.29, 0.717) is 11.1 Å². The molecular formula is C21H21N4O+. The number of allylic oxidation sites excluding steroid dienone is 2. The molecule has 1 atom stereocenters. The van der Waals surface area contributed by atoms with Crippen molar-refractivity contribution in [3.05, 3.63) is 78.5 Å². The third kappa shape index (κ3) is 2.36. The first-order chi connectivity index (χ1) is 12.8. The zero-order valence-electron chi connectivity index (χ0n) is 14.9. The Kier molecular flexibility index (Phi) is 4.14. The Morgan fingerprint density at radius 3 is 2.65 bits per heavy atom. The Bertz CT molecular complexity index is 958. The van der Waals surface area contributed by atoms with Crippen LogP contribution in [0.1, 0.15) is 12.5 Å². The molecule has 0 bridgehead atoms. The maximum atomic E-state index is 5.93. The van der Waals surface area contributed by atoms with Crippen molar-refractivity contribution in [2.45, 2.75) is 6.92 Å². The first-order valence-electron chi connectivity index (χ1n) is 8.72. The van der Waals surface area contributed by atoms with E-state index in [4.69, 9.17) is 4.74 Å². The van der Waals surface area contributed by atoms with Crippen LogP contribution in [0, 0.1) is 0 Å². The summed E-state index contributed by atoms with van der Waals surface area (Å²) < 4.78 is 6.25. The SMILES string of the molecule is CCOc1ccccc1[N+]12C=CC=CC1=NN=C2c1ccccc1NC. The fourth-order valence-corrected chi connectivity index (χ4v) is 3.45. The molecule has 5 nitrogen and oxygen atoms in total. The fraction of sp³-hybridized carbons (Fsp3) is 0.143. The van der Waals surface area contributed by atoms with E-state index in [-0.39, 0.29) is 0 Å². The van der Waals surface area contributed by atoms with Crippen molar-refractivity contribution in [1.29, 1.82) is 0 Å². The Morgan fingerprint density at radius 2 is 1.81 bits per heavy atom. The van der Waals surface area contributed by atoms with Gasteiger partial charge in [-0.15, -0.1) is 0 Å². The Hall–Kier alpha value is -3.18. The summed E-state index contributed by atoms with van der Waals surface area (Å²) in [4.78, 5) is 0. The second kappa shape index (κ2) is 6.61. The van der Waals surface area contributed by atoms with Crippen molar-refractivity contribution in [3.8, 4) is 5.75 Å². The molecule has 2 aliphatic rings. The van der Waals surface area contributed by atoms with E-state index < -0.39 is 0 Å². The number of amidine groups is 2. The highest BCUT2D eigenvalue weighted by atomic mass is 16.5. The number of nitrogens with one attached hydrogen (secondary N) is 1. The molecule has 1 unspecified atom stereocenters. The van der Waals surface area contributed by atoms with Crippen LogP contribution in [0.4, 0.5) is 11.4 Å². The van der Waals surface area contributed by atoms with Crippen LogP contribution in [0.3, 0.4) is 0 Å². The quantitative estimate of drug-likeness (QED) is 0.822. The summed E-state index contributed by atoms with van der Waals surface area (Å²) in [5, 5.41) is 12.3. The zero-order valence-corrected chi connectivity index (χ0v) is 14.9. The predicted molar refractivity (Wildman–Crippen MR) is 108 cm³/mol. The van der Waals surface area contributed by atoms with Gasteiger partial charge in [0.25, 0.3) is 11.7 Å². The number of para-hydroxylation sites is 3. The monoisotopic (exact) mass is 345 g/mol. The van der Waals surface area contributed by atoms with Gasteiger partial charge in [0.05, 0.1) is 12.2 Å². The number of quaternary nitrogens is 1. The van der Waals surface area contributed by atoms with Crippen LogP contribution in [0.15, 0.2) is 83.2 Å². The van der Waals surface area contributed by atoms with Gasteiger partial charge in [0.1, 0.15) is 6.20 Å². The lowest BCUT2D eigenvalue weighted by Gasteiger charge is -2.32. The minimum Gasteiger partial charge on any atom is -0.488 e. The first-order valence-corrected chi connectivity index (χ1v) is 8.72. The number of anilines is 1. The maximum Gasteiger partial charge on any atom is 0.272 e. The van der Waals surface area contributed by atoms with Crippen LogP contribution in [0.25, 0.3) is 0 Å². The minimum absolute atomic E-state index is 0.311. The third-order valence-corrected chi connectivity index (χ3v) is 4.59. The molecule has 2 aromatic carbocycles. The molecule has 2 heterocycles. The Labute approximate surface area is 153 Å². The highest BCUT2D eigenvalue weighted by Crippen LogP contribution is 2.41. The molecule has 0 spiro atoms. The van der Waals surface area contributed by atoms with E-state index in [1.165, 1.54) is 0 Å². The summed E-state index contributed by atoms with van der Waals surface area (Å²) in [6, 6.07) is 16.2. The molecule has 0 fully saturated rings. The van der Waals surface area contributed by atoms with Gasteiger partial charge >= 0.3 is 0 Å². The van der Waals surface area contributed by atoms with Gasteiger partial charge < -0.3 is 10.1 Å². The van der Waals surface area contributed by atoms with E-state index in [9.17, 15) is 0 Å². The first kappa shape index (κ1) is 16.3. The van der Waals surface area contributed by atoms with Crippen LogP contribution in [-0.2, 0) is 0 Å². The van der Waals surface area contributed by atoms with Gasteiger partial charge in [-0.2, -0.15) is 4.48 Å². The van der Waals surface area contributed by atoms with Gasteiger partial charge in [0.2, 0.25) is 0 Å². The number of nitrogens with zero attached hydrogens (tertiary/aromatic N) is 3. The molecule has 2 aromatic rings. The summed E-state index contributed by atoms with van der Waals surface area (Å²) in [6.07, 6.45) is 8.13. The number of hydrogen-bond donors (Lipinski definition) is 1. The van der Waals surface area contributed by atoms with Crippen LogP contribution < -0.4 is 14.5 Å². The van der Waals surface area contributed by atoms with Crippen molar-refractivity contribution in [2.75, 3.05) is 19.0 Å². The number of benzene rings is 2. The summed E-state index contributed by atoms with van der Waals surface area (Å²) in [5.41, 5.74) is 3.02. The lowest BCUT2D eigenvalue weighted by Crippen LogP contribution is -2.52. The van der Waals surface area contributed by atoms with Gasteiger partial charge in [-0.3, -0.25) is 0 Å². The molecule has 0 saturated heterocycles. The molecule has 4 rings (SSSR count). The lowest BCUT2D eigenvalue weighted by atomic mass is 10.1. The normalized spacial score (nSPS) is 20.4. The molecule has 0 amide bonds. The second-order valence-corrected chi connectivity index (χ2v) is 6.00. The Morgan fingerprint density at radius 1 is 1.00 bits per heavy atom. The van der Waals surface area contributed by atoms with Gasteiger partial charge in [-0.05, 0) is 37.3 Å². The predicted octanol–water partition coefficient (Wildman–Crippen LogP) is 4.29. The highest BCUT2D eigenvalue weighted by Gasteiger charge is 2.48. The van der Waals surface area contributed by atoms with Crippen molar-refractivity contribution < 1.29 is 4.74 Å². The van der Waals surface area contributed by atoms with Crippen molar-refractivity contribution in [1.82, 2.24) is 4.48 Å². The Balaban J connectivity index is 1.96. The molecule has 0 aliphatic carbocycles. The average Bonchev–Trinajstić information content (AvgIpc) is 3.09. The topological polar surface area (TPSA) is 46.0 Å². The van der Waals surface area contributed by atoms with Crippen LogP contribution in [-0.4, -0.2) is 25.3 Å². The fourth-order valence-electron chi connectivity index (χ4n) is 3.45. The van der Waals surface area contributed by atoms with Crippen LogP contribution in [0.5, 0.6) is 5.75 Å². The van der Waals surface area contributed by atoms with E-state index in [0.717, 1.165) is 34.4 Å². The van der Waals surface area contributed by atoms with E-state index in [1.54, 1.807) is 0 Å². The molecule has 5 heteroatoms. The number of hydrogen-bond acceptors (Lipinski definition) is 4. The van der Waals surface area contributed by atoms with Crippen molar-refractivity contribution in [3.63, 3.8) is 0 Å². The van der Waals surface area contributed by atoms with Crippen LogP contribution >= 0.6 is 0 Å². The molecular weight excluding hydrogens is 324 g/mol. The lowest BCUT2D eigenvalue weighted by molar-refractivity contribution is 0.338. The van der Waals surface area contributed by atoms with Gasteiger partial charge in [-0.1, -0.05) is 34.5 Å². The molecule has 26 heavy (non-hydrogen) atoms.